The van der Waals surface area contributed by atoms with E-state index in [1.165, 1.54) is 5.69 Å². The van der Waals surface area contributed by atoms with Crippen molar-refractivity contribution in [3.8, 4) is 0 Å². The van der Waals surface area contributed by atoms with Gasteiger partial charge in [-0.2, -0.15) is 0 Å². The Balaban J connectivity index is 2.00. The van der Waals surface area contributed by atoms with E-state index in [1.54, 1.807) is 0 Å². The van der Waals surface area contributed by atoms with Crippen molar-refractivity contribution in [2.75, 3.05) is 18.5 Å². The van der Waals surface area contributed by atoms with Crippen LogP contribution in [-0.2, 0) is 12.3 Å². The molecule has 2 nitrogen and oxygen atoms in total. The molecule has 1 aromatic carbocycles. The van der Waals surface area contributed by atoms with Gasteiger partial charge in [-0.3, -0.25) is 4.98 Å². The van der Waals surface area contributed by atoms with Crippen molar-refractivity contribution in [3.63, 3.8) is 0 Å². The summed E-state index contributed by atoms with van der Waals surface area (Å²) in [4.78, 5) is 6.56. The molecule has 0 aliphatic carbocycles. The van der Waals surface area contributed by atoms with Crippen LogP contribution in [0.2, 0.25) is 0 Å². The highest BCUT2D eigenvalue weighted by Crippen LogP contribution is 2.24. The molecule has 0 atom stereocenters. The lowest BCUT2D eigenvalue weighted by molar-refractivity contribution is 0.852. The van der Waals surface area contributed by atoms with Gasteiger partial charge in [0.05, 0.1) is 0 Å². The van der Waals surface area contributed by atoms with Crippen LogP contribution in [0.25, 0.3) is 0 Å². The van der Waals surface area contributed by atoms with Crippen LogP contribution in [0.4, 0.5) is 5.69 Å². The normalized spacial score (nSPS) is 10.5. The van der Waals surface area contributed by atoms with Gasteiger partial charge >= 0.3 is 0 Å². The Kier molecular flexibility index (Phi) is 5.23. The summed E-state index contributed by atoms with van der Waals surface area (Å²) < 4.78 is 1.06. The predicted octanol–water partition coefficient (Wildman–Crippen LogP) is 4.26. The third-order valence-corrected chi connectivity index (χ3v) is 4.08. The number of hydrogen-bond acceptors (Lipinski definition) is 2. The maximum absolute atomic E-state index is 5.85. The molecule has 1 heterocycles. The molecular weight excluding hydrogens is 324 g/mol. The fraction of sp³-hybridized carbons (Fsp3) is 0.267. The van der Waals surface area contributed by atoms with E-state index >= 15 is 0 Å². The first-order chi connectivity index (χ1) is 9.20. The van der Waals surface area contributed by atoms with E-state index in [0.29, 0.717) is 5.88 Å². The molecule has 0 saturated heterocycles. The second-order valence-corrected chi connectivity index (χ2v) is 5.52. The molecule has 0 aliphatic rings. The van der Waals surface area contributed by atoms with Crippen molar-refractivity contribution in [2.45, 2.75) is 12.3 Å². The number of halogens is 2. The number of pyridine rings is 1. The second kappa shape index (κ2) is 6.92. The van der Waals surface area contributed by atoms with Crippen molar-refractivity contribution in [1.82, 2.24) is 4.98 Å². The van der Waals surface area contributed by atoms with E-state index in [1.807, 2.05) is 18.3 Å². The highest BCUT2D eigenvalue weighted by Gasteiger charge is 2.05. The summed E-state index contributed by atoms with van der Waals surface area (Å²) in [6.45, 7) is 0.934. The smallest absolute Gasteiger partial charge is 0.0485 e. The Bertz CT molecular complexity index is 531. The standard InChI is InChI=1S/C15H16BrClN2/c1-19(9-7-13-4-2-3-8-18-13)14-6-5-12(11-17)15(16)10-14/h2-6,8,10H,7,9,11H2,1H3. The van der Waals surface area contributed by atoms with Crippen molar-refractivity contribution in [1.29, 1.82) is 0 Å². The number of rotatable bonds is 5. The Morgan fingerprint density at radius 2 is 2.11 bits per heavy atom. The molecular formula is C15H16BrClN2. The highest BCUT2D eigenvalue weighted by atomic mass is 79.9. The quantitative estimate of drug-likeness (QED) is 0.757. The predicted molar refractivity (Wildman–Crippen MR) is 84.9 cm³/mol. The number of anilines is 1. The van der Waals surface area contributed by atoms with Gasteiger partial charge in [-0.1, -0.05) is 28.1 Å². The Morgan fingerprint density at radius 3 is 2.74 bits per heavy atom. The first-order valence-electron chi connectivity index (χ1n) is 6.16. The van der Waals surface area contributed by atoms with Crippen molar-refractivity contribution in [3.05, 3.63) is 58.3 Å². The maximum atomic E-state index is 5.85. The van der Waals surface area contributed by atoms with Gasteiger partial charge in [-0.05, 0) is 29.8 Å². The summed E-state index contributed by atoms with van der Waals surface area (Å²) in [7, 11) is 2.09. The molecule has 0 unspecified atom stereocenters. The van der Waals surface area contributed by atoms with E-state index in [-0.39, 0.29) is 0 Å². The van der Waals surface area contributed by atoms with Crippen LogP contribution in [0, 0.1) is 0 Å². The molecule has 2 rings (SSSR count). The fourth-order valence-electron chi connectivity index (χ4n) is 1.84. The third-order valence-electron chi connectivity index (χ3n) is 3.05. The van der Waals surface area contributed by atoms with Crippen LogP contribution >= 0.6 is 27.5 Å². The minimum atomic E-state index is 0.526. The highest BCUT2D eigenvalue weighted by molar-refractivity contribution is 9.10. The summed E-state index contributed by atoms with van der Waals surface area (Å²) in [6.07, 6.45) is 2.77. The van der Waals surface area contributed by atoms with E-state index in [0.717, 1.165) is 28.7 Å². The number of alkyl halides is 1. The zero-order valence-electron chi connectivity index (χ0n) is 10.8. The number of aromatic nitrogens is 1. The van der Waals surface area contributed by atoms with Crippen molar-refractivity contribution >= 4 is 33.2 Å². The van der Waals surface area contributed by atoms with E-state index in [4.69, 9.17) is 11.6 Å². The van der Waals surface area contributed by atoms with E-state index in [9.17, 15) is 0 Å². The molecule has 19 heavy (non-hydrogen) atoms. The third kappa shape index (κ3) is 3.95. The van der Waals surface area contributed by atoms with Gasteiger partial charge in [0.1, 0.15) is 0 Å². The molecule has 0 spiro atoms. The molecule has 0 aliphatic heterocycles. The van der Waals surface area contributed by atoms with E-state index in [2.05, 4.69) is 57.1 Å². The molecule has 0 fully saturated rings. The molecule has 100 valence electrons. The average molecular weight is 340 g/mol. The molecule has 0 amide bonds. The maximum Gasteiger partial charge on any atom is 0.0485 e. The summed E-state index contributed by atoms with van der Waals surface area (Å²) in [5, 5.41) is 0. The lowest BCUT2D eigenvalue weighted by atomic mass is 10.2. The van der Waals surface area contributed by atoms with Crippen LogP contribution in [-0.4, -0.2) is 18.6 Å². The Hall–Kier alpha value is -1.06. The zero-order chi connectivity index (χ0) is 13.7. The van der Waals surface area contributed by atoms with Gasteiger partial charge < -0.3 is 4.90 Å². The fourth-order valence-corrected chi connectivity index (χ4v) is 2.74. The van der Waals surface area contributed by atoms with Gasteiger partial charge in [0.2, 0.25) is 0 Å². The van der Waals surface area contributed by atoms with E-state index < -0.39 is 0 Å². The van der Waals surface area contributed by atoms with Gasteiger partial charge in [0, 0.05) is 47.9 Å². The van der Waals surface area contributed by atoms with Crippen molar-refractivity contribution in [2.24, 2.45) is 0 Å². The molecule has 4 heteroatoms. The molecule has 0 bridgehead atoms. The lowest BCUT2D eigenvalue weighted by Crippen LogP contribution is -2.20. The van der Waals surface area contributed by atoms with Crippen molar-refractivity contribution < 1.29 is 0 Å². The van der Waals surface area contributed by atoms with Gasteiger partial charge in [0.15, 0.2) is 0 Å². The number of benzene rings is 1. The molecule has 0 radical (unpaired) electrons. The molecule has 0 N–H and O–H groups in total. The molecule has 1 aromatic heterocycles. The zero-order valence-corrected chi connectivity index (χ0v) is 13.2. The largest absolute Gasteiger partial charge is 0.374 e. The lowest BCUT2D eigenvalue weighted by Gasteiger charge is -2.20. The number of nitrogens with zero attached hydrogens (tertiary/aromatic N) is 2. The SMILES string of the molecule is CN(CCc1ccccn1)c1ccc(CCl)c(Br)c1. The second-order valence-electron chi connectivity index (χ2n) is 4.40. The average Bonchev–Trinajstić information content (AvgIpc) is 2.45. The minimum Gasteiger partial charge on any atom is -0.374 e. The molecule has 0 saturated carbocycles. The molecule has 2 aromatic rings. The summed E-state index contributed by atoms with van der Waals surface area (Å²) >= 11 is 9.40. The summed E-state index contributed by atoms with van der Waals surface area (Å²) in [5.41, 5.74) is 3.41. The first kappa shape index (κ1) is 14.4. The van der Waals surface area contributed by atoms with Crippen LogP contribution < -0.4 is 4.90 Å². The van der Waals surface area contributed by atoms with Crippen LogP contribution in [0.15, 0.2) is 47.1 Å². The minimum absolute atomic E-state index is 0.526. The Labute approximate surface area is 127 Å². The number of hydrogen-bond donors (Lipinski definition) is 0. The summed E-state index contributed by atoms with van der Waals surface area (Å²) in [5.74, 6) is 0.526. The van der Waals surface area contributed by atoms with Crippen LogP contribution in [0.5, 0.6) is 0 Å². The Morgan fingerprint density at radius 1 is 1.26 bits per heavy atom. The number of likely N-dealkylation sites (N-methyl/N-ethyl adjacent to an activating group) is 1. The topological polar surface area (TPSA) is 16.1 Å². The monoisotopic (exact) mass is 338 g/mol. The van der Waals surface area contributed by atoms with Crippen LogP contribution in [0.1, 0.15) is 11.3 Å². The van der Waals surface area contributed by atoms with Gasteiger partial charge in [-0.25, -0.2) is 0 Å². The first-order valence-corrected chi connectivity index (χ1v) is 7.49. The van der Waals surface area contributed by atoms with Gasteiger partial charge in [0.25, 0.3) is 0 Å². The summed E-state index contributed by atoms with van der Waals surface area (Å²) in [6, 6.07) is 12.3. The van der Waals surface area contributed by atoms with Crippen LogP contribution in [0.3, 0.4) is 0 Å². The van der Waals surface area contributed by atoms with Gasteiger partial charge in [-0.15, -0.1) is 11.6 Å².